The van der Waals surface area contributed by atoms with Gasteiger partial charge in [-0.1, -0.05) is 30.3 Å². The third-order valence-electron chi connectivity index (χ3n) is 4.02. The summed E-state index contributed by atoms with van der Waals surface area (Å²) >= 11 is 0. The van der Waals surface area contributed by atoms with Crippen LogP contribution in [0.15, 0.2) is 30.3 Å². The third-order valence-corrected chi connectivity index (χ3v) is 4.02. The van der Waals surface area contributed by atoms with Gasteiger partial charge in [-0.15, -0.1) is 0 Å². The molecule has 1 heterocycles. The zero-order valence-electron chi connectivity index (χ0n) is 9.34. The van der Waals surface area contributed by atoms with E-state index in [0.29, 0.717) is 0 Å². The Morgan fingerprint density at radius 1 is 1.19 bits per heavy atom. The van der Waals surface area contributed by atoms with Crippen molar-refractivity contribution in [2.75, 3.05) is 13.1 Å². The minimum atomic E-state index is 0.719. The predicted molar refractivity (Wildman–Crippen MR) is 62.4 cm³/mol. The maximum Gasteiger partial charge on any atom is 0.0624 e. The standard InChI is InChI=1S/C14H16N2/c15-7-6-12-13-9-16(10-14(12)13)8-11-4-2-1-3-5-11/h1-5,12-14H,6,8-10H2/t12-,13-,14+. The largest absolute Gasteiger partial charge is 0.298 e. The zero-order chi connectivity index (χ0) is 11.0. The fourth-order valence-electron chi connectivity index (χ4n) is 3.12. The molecule has 2 fully saturated rings. The second-order valence-corrected chi connectivity index (χ2v) is 5.03. The molecule has 16 heavy (non-hydrogen) atoms. The molecule has 1 saturated carbocycles. The maximum absolute atomic E-state index is 8.67. The Morgan fingerprint density at radius 3 is 2.50 bits per heavy atom. The maximum atomic E-state index is 8.67. The van der Waals surface area contributed by atoms with Gasteiger partial charge in [-0.05, 0) is 23.3 Å². The van der Waals surface area contributed by atoms with Crippen LogP contribution in [0.4, 0.5) is 0 Å². The van der Waals surface area contributed by atoms with E-state index in [1.54, 1.807) is 0 Å². The number of benzene rings is 1. The van der Waals surface area contributed by atoms with Gasteiger partial charge >= 0.3 is 0 Å². The van der Waals surface area contributed by atoms with Crippen LogP contribution in [0.25, 0.3) is 0 Å². The topological polar surface area (TPSA) is 27.0 Å². The van der Waals surface area contributed by atoms with Crippen molar-refractivity contribution in [1.82, 2.24) is 4.90 Å². The fraction of sp³-hybridized carbons (Fsp3) is 0.500. The van der Waals surface area contributed by atoms with E-state index in [2.05, 4.69) is 41.3 Å². The van der Waals surface area contributed by atoms with Gasteiger partial charge in [-0.25, -0.2) is 0 Å². The van der Waals surface area contributed by atoms with E-state index in [1.807, 2.05) is 0 Å². The van der Waals surface area contributed by atoms with Gasteiger partial charge < -0.3 is 0 Å². The van der Waals surface area contributed by atoms with Gasteiger partial charge in [-0.3, -0.25) is 4.90 Å². The molecule has 0 radical (unpaired) electrons. The van der Waals surface area contributed by atoms with Gasteiger partial charge in [0.05, 0.1) is 6.07 Å². The highest BCUT2D eigenvalue weighted by Gasteiger charge is 2.54. The van der Waals surface area contributed by atoms with E-state index in [0.717, 1.165) is 30.7 Å². The molecule has 0 bridgehead atoms. The van der Waals surface area contributed by atoms with Crippen LogP contribution >= 0.6 is 0 Å². The molecular weight excluding hydrogens is 196 g/mol. The summed E-state index contributed by atoms with van der Waals surface area (Å²) in [6, 6.07) is 13.0. The van der Waals surface area contributed by atoms with Crippen LogP contribution < -0.4 is 0 Å². The number of hydrogen-bond donors (Lipinski definition) is 0. The molecule has 1 aliphatic heterocycles. The first-order valence-electron chi connectivity index (χ1n) is 6.01. The van der Waals surface area contributed by atoms with Crippen molar-refractivity contribution >= 4 is 0 Å². The lowest BCUT2D eigenvalue weighted by atomic mass is 10.2. The monoisotopic (exact) mass is 212 g/mol. The molecule has 82 valence electrons. The molecule has 2 heteroatoms. The molecule has 0 N–H and O–H groups in total. The van der Waals surface area contributed by atoms with E-state index >= 15 is 0 Å². The van der Waals surface area contributed by atoms with Crippen molar-refractivity contribution in [3.8, 4) is 6.07 Å². The lowest BCUT2D eigenvalue weighted by Gasteiger charge is -2.18. The first-order chi connectivity index (χ1) is 7.88. The molecule has 3 atom stereocenters. The summed E-state index contributed by atoms with van der Waals surface area (Å²) in [5.41, 5.74) is 1.40. The van der Waals surface area contributed by atoms with E-state index in [4.69, 9.17) is 5.26 Å². The van der Waals surface area contributed by atoms with E-state index in [-0.39, 0.29) is 0 Å². The quantitative estimate of drug-likeness (QED) is 0.768. The Balaban J connectivity index is 1.53. The van der Waals surface area contributed by atoms with E-state index in [1.165, 1.54) is 18.7 Å². The number of fused-ring (bicyclic) bond motifs is 1. The Morgan fingerprint density at radius 2 is 1.88 bits per heavy atom. The Kier molecular flexibility index (Phi) is 2.41. The Hall–Kier alpha value is -1.33. The normalized spacial score (nSPS) is 32.1. The number of nitriles is 1. The van der Waals surface area contributed by atoms with Gasteiger partial charge in [0.25, 0.3) is 0 Å². The SMILES string of the molecule is N#CC[C@@H]1[C@H]2CN(Cc3ccccc3)C[C@@H]12. The third kappa shape index (κ3) is 1.72. The molecule has 0 spiro atoms. The van der Waals surface area contributed by atoms with Gasteiger partial charge in [0, 0.05) is 26.1 Å². The lowest BCUT2D eigenvalue weighted by molar-refractivity contribution is 0.278. The summed E-state index contributed by atoms with van der Waals surface area (Å²) in [5, 5.41) is 8.67. The summed E-state index contributed by atoms with van der Waals surface area (Å²) in [6.45, 7) is 3.48. The second kappa shape index (κ2) is 3.92. The van der Waals surface area contributed by atoms with Crippen molar-refractivity contribution in [3.05, 3.63) is 35.9 Å². The average Bonchev–Trinajstić information content (AvgIpc) is 2.76. The van der Waals surface area contributed by atoms with Crippen LogP contribution in [-0.2, 0) is 6.54 Å². The van der Waals surface area contributed by atoms with E-state index < -0.39 is 0 Å². The van der Waals surface area contributed by atoms with Gasteiger partial charge in [0.1, 0.15) is 0 Å². The van der Waals surface area contributed by atoms with Crippen LogP contribution in [0.1, 0.15) is 12.0 Å². The van der Waals surface area contributed by atoms with Crippen LogP contribution in [0.2, 0.25) is 0 Å². The molecule has 1 aromatic rings. The van der Waals surface area contributed by atoms with Crippen molar-refractivity contribution in [2.45, 2.75) is 13.0 Å². The summed E-state index contributed by atoms with van der Waals surface area (Å²) in [6.07, 6.45) is 0.772. The first kappa shape index (κ1) is 9.86. The molecule has 1 saturated heterocycles. The van der Waals surface area contributed by atoms with Crippen LogP contribution in [0.3, 0.4) is 0 Å². The minimum absolute atomic E-state index is 0.719. The molecule has 1 aromatic carbocycles. The van der Waals surface area contributed by atoms with E-state index in [9.17, 15) is 0 Å². The van der Waals surface area contributed by atoms with Crippen molar-refractivity contribution in [1.29, 1.82) is 5.26 Å². The highest BCUT2D eigenvalue weighted by atomic mass is 15.2. The minimum Gasteiger partial charge on any atom is -0.298 e. The van der Waals surface area contributed by atoms with Crippen molar-refractivity contribution < 1.29 is 0 Å². The highest BCUT2D eigenvalue weighted by molar-refractivity contribution is 5.16. The fourth-order valence-corrected chi connectivity index (χ4v) is 3.12. The summed E-state index contributed by atoms with van der Waals surface area (Å²) in [7, 11) is 0. The van der Waals surface area contributed by atoms with Crippen molar-refractivity contribution in [3.63, 3.8) is 0 Å². The van der Waals surface area contributed by atoms with Crippen LogP contribution in [0.5, 0.6) is 0 Å². The number of piperidine rings is 1. The predicted octanol–water partition coefficient (Wildman–Crippen LogP) is 2.28. The first-order valence-corrected chi connectivity index (χ1v) is 6.01. The van der Waals surface area contributed by atoms with Gasteiger partial charge in [0.15, 0.2) is 0 Å². The molecular formula is C14H16N2. The van der Waals surface area contributed by atoms with Gasteiger partial charge in [-0.2, -0.15) is 5.26 Å². The summed E-state index contributed by atoms with van der Waals surface area (Å²) in [4.78, 5) is 2.53. The number of hydrogen-bond acceptors (Lipinski definition) is 2. The van der Waals surface area contributed by atoms with Gasteiger partial charge in [0.2, 0.25) is 0 Å². The van der Waals surface area contributed by atoms with Crippen LogP contribution in [-0.4, -0.2) is 18.0 Å². The van der Waals surface area contributed by atoms with Crippen molar-refractivity contribution in [2.24, 2.45) is 17.8 Å². The molecule has 2 nitrogen and oxygen atoms in total. The molecule has 2 aliphatic rings. The number of nitrogens with zero attached hydrogens (tertiary/aromatic N) is 2. The summed E-state index contributed by atoms with van der Waals surface area (Å²) < 4.78 is 0. The molecule has 0 unspecified atom stereocenters. The Bertz CT molecular complexity index is 394. The average molecular weight is 212 g/mol. The highest BCUT2D eigenvalue weighted by Crippen LogP contribution is 2.53. The molecule has 0 amide bonds. The number of rotatable bonds is 3. The molecule has 3 rings (SSSR count). The lowest BCUT2D eigenvalue weighted by Crippen LogP contribution is -2.23. The number of likely N-dealkylation sites (tertiary alicyclic amines) is 1. The molecule has 0 aromatic heterocycles. The summed E-state index contributed by atoms with van der Waals surface area (Å²) in [5.74, 6) is 2.36. The van der Waals surface area contributed by atoms with Crippen LogP contribution in [0, 0.1) is 29.1 Å². The molecule has 1 aliphatic carbocycles. The second-order valence-electron chi connectivity index (χ2n) is 5.03. The zero-order valence-corrected chi connectivity index (χ0v) is 9.34. The smallest absolute Gasteiger partial charge is 0.0624 e. The Labute approximate surface area is 96.5 Å².